The fourth-order valence-electron chi connectivity index (χ4n) is 2.84. The lowest BCUT2D eigenvalue weighted by Gasteiger charge is -2.36. The Kier molecular flexibility index (Phi) is 3.60. The van der Waals surface area contributed by atoms with E-state index in [1.54, 1.807) is 0 Å². The molecule has 6 heteroatoms. The van der Waals surface area contributed by atoms with Crippen LogP contribution >= 0.6 is 0 Å². The number of fused-ring (bicyclic) bond motifs is 1. The van der Waals surface area contributed by atoms with Crippen LogP contribution in [0.5, 0.6) is 0 Å². The number of benzene rings is 1. The molecular formula is C14H20N4O2. The summed E-state index contributed by atoms with van der Waals surface area (Å²) in [6.07, 6.45) is 0. The number of hydrogen-bond acceptors (Lipinski definition) is 5. The van der Waals surface area contributed by atoms with Crippen LogP contribution < -0.4 is 16.0 Å². The fraction of sp³-hybridized carbons (Fsp3) is 0.500. The van der Waals surface area contributed by atoms with Gasteiger partial charge in [0.05, 0.1) is 6.61 Å². The van der Waals surface area contributed by atoms with Gasteiger partial charge in [-0.15, -0.1) is 0 Å². The Morgan fingerprint density at radius 2 is 2.05 bits per heavy atom. The lowest BCUT2D eigenvalue weighted by molar-refractivity contribution is -0.116. The summed E-state index contributed by atoms with van der Waals surface area (Å²) in [5, 5.41) is 11.8. The van der Waals surface area contributed by atoms with Gasteiger partial charge in [0.25, 0.3) is 0 Å². The molecule has 0 spiro atoms. The number of carbonyl (C=O) groups is 1. The summed E-state index contributed by atoms with van der Waals surface area (Å²) in [6.45, 7) is 4.70. The maximum absolute atomic E-state index is 11.6. The summed E-state index contributed by atoms with van der Waals surface area (Å²) in [6, 6.07) is 5.43. The molecule has 1 aromatic carbocycles. The Morgan fingerprint density at radius 3 is 2.75 bits per heavy atom. The van der Waals surface area contributed by atoms with Gasteiger partial charge in [-0.2, -0.15) is 0 Å². The molecule has 1 amide bonds. The molecule has 2 aliphatic rings. The van der Waals surface area contributed by atoms with Gasteiger partial charge < -0.3 is 21.1 Å². The summed E-state index contributed by atoms with van der Waals surface area (Å²) < 4.78 is 0. The van der Waals surface area contributed by atoms with Crippen LogP contribution in [0.15, 0.2) is 18.2 Å². The third kappa shape index (κ3) is 2.37. The van der Waals surface area contributed by atoms with Gasteiger partial charge in [-0.3, -0.25) is 9.69 Å². The highest BCUT2D eigenvalue weighted by Crippen LogP contribution is 2.32. The summed E-state index contributed by atoms with van der Waals surface area (Å²) in [5.74, 6) is -0.134. The lowest BCUT2D eigenvalue weighted by Crippen LogP contribution is -2.47. The van der Waals surface area contributed by atoms with E-state index < -0.39 is 6.04 Å². The zero-order valence-corrected chi connectivity index (χ0v) is 11.4. The Labute approximate surface area is 118 Å². The predicted molar refractivity (Wildman–Crippen MR) is 77.7 cm³/mol. The Bertz CT molecular complexity index is 512. The first-order valence-corrected chi connectivity index (χ1v) is 6.97. The third-order valence-electron chi connectivity index (χ3n) is 4.07. The van der Waals surface area contributed by atoms with E-state index in [1.807, 2.05) is 18.2 Å². The zero-order chi connectivity index (χ0) is 14.1. The second kappa shape index (κ2) is 5.40. The van der Waals surface area contributed by atoms with E-state index in [0.717, 1.165) is 49.7 Å². The van der Waals surface area contributed by atoms with Gasteiger partial charge in [0.1, 0.15) is 6.04 Å². The van der Waals surface area contributed by atoms with Crippen molar-refractivity contribution in [2.45, 2.75) is 6.04 Å². The van der Waals surface area contributed by atoms with Gasteiger partial charge in [0.2, 0.25) is 5.91 Å². The van der Waals surface area contributed by atoms with Crippen LogP contribution in [0.25, 0.3) is 0 Å². The smallest absolute Gasteiger partial charge is 0.245 e. The van der Waals surface area contributed by atoms with E-state index in [-0.39, 0.29) is 12.5 Å². The number of nitrogens with zero attached hydrogens (tertiary/aromatic N) is 2. The molecule has 0 saturated carbocycles. The van der Waals surface area contributed by atoms with Gasteiger partial charge in [0.15, 0.2) is 0 Å². The molecule has 0 aromatic heterocycles. The third-order valence-corrected chi connectivity index (χ3v) is 4.07. The van der Waals surface area contributed by atoms with Gasteiger partial charge >= 0.3 is 0 Å². The van der Waals surface area contributed by atoms with Crippen molar-refractivity contribution in [3.05, 3.63) is 23.8 Å². The number of β-amino-alcohol motifs (C(OH)–C–C–N with tert-alkyl or cyclic N) is 1. The van der Waals surface area contributed by atoms with Crippen molar-refractivity contribution in [3.63, 3.8) is 0 Å². The summed E-state index contributed by atoms with van der Waals surface area (Å²) >= 11 is 0. The molecule has 1 fully saturated rings. The average Bonchev–Trinajstić information content (AvgIpc) is 2.75. The SMILES string of the molecule is NC1C(=O)Nc2cc(N3CCN(CCO)CC3)ccc21. The first-order chi connectivity index (χ1) is 9.69. The molecule has 1 saturated heterocycles. The van der Waals surface area contributed by atoms with Crippen LogP contribution in [-0.2, 0) is 4.79 Å². The highest BCUT2D eigenvalue weighted by molar-refractivity contribution is 6.02. The molecule has 20 heavy (non-hydrogen) atoms. The second-order valence-corrected chi connectivity index (χ2v) is 5.29. The minimum Gasteiger partial charge on any atom is -0.395 e. The molecule has 2 aliphatic heterocycles. The Balaban J connectivity index is 1.71. The number of nitrogens with one attached hydrogen (secondary N) is 1. The highest BCUT2D eigenvalue weighted by Gasteiger charge is 2.28. The number of hydrogen-bond donors (Lipinski definition) is 3. The van der Waals surface area contributed by atoms with Crippen LogP contribution in [-0.4, -0.2) is 55.2 Å². The molecule has 0 radical (unpaired) electrons. The quantitative estimate of drug-likeness (QED) is 0.709. The molecule has 1 unspecified atom stereocenters. The van der Waals surface area contributed by atoms with Crippen LogP contribution in [0, 0.1) is 0 Å². The number of aliphatic hydroxyl groups is 1. The van der Waals surface area contributed by atoms with E-state index in [0.29, 0.717) is 0 Å². The van der Waals surface area contributed by atoms with E-state index >= 15 is 0 Å². The van der Waals surface area contributed by atoms with Crippen molar-refractivity contribution in [2.75, 3.05) is 49.5 Å². The molecule has 108 valence electrons. The van der Waals surface area contributed by atoms with E-state index in [1.165, 1.54) is 0 Å². The van der Waals surface area contributed by atoms with Crippen molar-refractivity contribution < 1.29 is 9.90 Å². The van der Waals surface area contributed by atoms with E-state index in [2.05, 4.69) is 15.1 Å². The maximum atomic E-state index is 11.6. The van der Waals surface area contributed by atoms with E-state index in [4.69, 9.17) is 10.8 Å². The number of anilines is 2. The van der Waals surface area contributed by atoms with Crippen LogP contribution in [0.1, 0.15) is 11.6 Å². The number of carbonyl (C=O) groups excluding carboxylic acids is 1. The summed E-state index contributed by atoms with van der Waals surface area (Å²) in [7, 11) is 0. The monoisotopic (exact) mass is 276 g/mol. The number of nitrogens with two attached hydrogens (primary N) is 1. The van der Waals surface area contributed by atoms with Gasteiger partial charge in [0, 0.05) is 49.7 Å². The average molecular weight is 276 g/mol. The number of rotatable bonds is 3. The van der Waals surface area contributed by atoms with Crippen LogP contribution in [0.2, 0.25) is 0 Å². The van der Waals surface area contributed by atoms with Crippen molar-refractivity contribution in [3.8, 4) is 0 Å². The van der Waals surface area contributed by atoms with Crippen LogP contribution in [0.3, 0.4) is 0 Å². The minimum absolute atomic E-state index is 0.134. The maximum Gasteiger partial charge on any atom is 0.245 e. The molecular weight excluding hydrogens is 256 g/mol. The molecule has 3 rings (SSSR count). The van der Waals surface area contributed by atoms with E-state index in [9.17, 15) is 4.79 Å². The van der Waals surface area contributed by atoms with Crippen molar-refractivity contribution in [1.82, 2.24) is 4.90 Å². The van der Waals surface area contributed by atoms with Crippen molar-refractivity contribution >= 4 is 17.3 Å². The molecule has 1 aromatic rings. The Morgan fingerprint density at radius 1 is 1.30 bits per heavy atom. The fourth-order valence-corrected chi connectivity index (χ4v) is 2.84. The number of aliphatic hydroxyl groups excluding tert-OH is 1. The van der Waals surface area contributed by atoms with Gasteiger partial charge in [-0.1, -0.05) is 6.07 Å². The van der Waals surface area contributed by atoms with Crippen molar-refractivity contribution in [1.29, 1.82) is 0 Å². The highest BCUT2D eigenvalue weighted by atomic mass is 16.3. The molecule has 2 heterocycles. The molecule has 4 N–H and O–H groups in total. The van der Waals surface area contributed by atoms with Crippen molar-refractivity contribution in [2.24, 2.45) is 5.73 Å². The normalized spacial score (nSPS) is 22.8. The molecule has 6 nitrogen and oxygen atoms in total. The number of amides is 1. The largest absolute Gasteiger partial charge is 0.395 e. The summed E-state index contributed by atoms with van der Waals surface area (Å²) in [5.41, 5.74) is 8.63. The van der Waals surface area contributed by atoms with Gasteiger partial charge in [-0.05, 0) is 12.1 Å². The first-order valence-electron chi connectivity index (χ1n) is 6.97. The topological polar surface area (TPSA) is 81.8 Å². The molecule has 0 bridgehead atoms. The minimum atomic E-state index is -0.541. The zero-order valence-electron chi connectivity index (χ0n) is 11.4. The predicted octanol–water partition coefficient (Wildman–Crippen LogP) is -0.247. The summed E-state index contributed by atoms with van der Waals surface area (Å²) in [4.78, 5) is 16.1. The first kappa shape index (κ1) is 13.4. The standard InChI is InChI=1S/C14H20N4O2/c15-13-11-2-1-10(9-12(11)16-14(13)20)18-5-3-17(4-6-18)7-8-19/h1-2,9,13,19H,3-8,15H2,(H,16,20). The van der Waals surface area contributed by atoms with Crippen LogP contribution in [0.4, 0.5) is 11.4 Å². The lowest BCUT2D eigenvalue weighted by atomic mass is 10.1. The number of piperazine rings is 1. The second-order valence-electron chi connectivity index (χ2n) is 5.29. The Hall–Kier alpha value is -1.63. The van der Waals surface area contributed by atoms with Gasteiger partial charge in [-0.25, -0.2) is 0 Å². The molecule has 1 atom stereocenters. The molecule has 0 aliphatic carbocycles.